The zero-order valence-electron chi connectivity index (χ0n) is 26.7. The minimum atomic E-state index is -0.940. The molecule has 0 saturated carbocycles. The van der Waals surface area contributed by atoms with Crippen LogP contribution >= 0.6 is 0 Å². The number of benzene rings is 2. The third-order valence-electron chi connectivity index (χ3n) is 7.31. The van der Waals surface area contributed by atoms with Gasteiger partial charge in [-0.1, -0.05) is 24.3 Å². The van der Waals surface area contributed by atoms with Crippen LogP contribution in [0, 0.1) is 36.5 Å². The Labute approximate surface area is 278 Å². The molecule has 16 nitrogen and oxygen atoms in total. The van der Waals surface area contributed by atoms with Crippen LogP contribution in [0.25, 0.3) is 0 Å². The number of hydrogen-bond donors (Lipinski definition) is 2. The number of carbonyl (C=O) groups excluding carboxylic acids is 2. The van der Waals surface area contributed by atoms with Gasteiger partial charge in [-0.2, -0.15) is 10.5 Å². The summed E-state index contributed by atoms with van der Waals surface area (Å²) in [5, 5.41) is 55.4. The monoisotopic (exact) mass is 664 g/mol. The van der Waals surface area contributed by atoms with E-state index in [1.807, 2.05) is 12.1 Å². The highest BCUT2D eigenvalue weighted by atomic mass is 16.7. The van der Waals surface area contributed by atoms with Gasteiger partial charge in [-0.05, 0) is 52.0 Å². The molecular formula is C33H28N8O8. The van der Waals surface area contributed by atoms with E-state index in [1.54, 1.807) is 26.0 Å². The van der Waals surface area contributed by atoms with Crippen LogP contribution in [0.15, 0.2) is 78.6 Å². The van der Waals surface area contributed by atoms with Crippen molar-refractivity contribution < 1.29 is 29.3 Å². The predicted molar refractivity (Wildman–Crippen MR) is 172 cm³/mol. The Bertz CT molecular complexity index is 2080. The number of rotatable bonds is 10. The van der Waals surface area contributed by atoms with E-state index in [9.17, 15) is 39.9 Å². The molecule has 0 radical (unpaired) electrons. The molecule has 49 heavy (non-hydrogen) atoms. The highest BCUT2D eigenvalue weighted by Gasteiger charge is 2.21. The fourth-order valence-corrected chi connectivity index (χ4v) is 4.67. The lowest BCUT2D eigenvalue weighted by Crippen LogP contribution is -2.20. The van der Waals surface area contributed by atoms with Crippen LogP contribution < -0.4 is 11.1 Å². The molecule has 2 N–H and O–H groups in total. The molecule has 248 valence electrons. The van der Waals surface area contributed by atoms with E-state index >= 15 is 0 Å². The first kappa shape index (κ1) is 34.9. The molecule has 0 spiro atoms. The average Bonchev–Trinajstić information content (AvgIpc) is 3.09. The van der Waals surface area contributed by atoms with Crippen molar-refractivity contribution in [2.24, 2.45) is 20.5 Å². The molecule has 0 fully saturated rings. The number of aromatic nitrogens is 2. The van der Waals surface area contributed by atoms with Gasteiger partial charge < -0.3 is 19.7 Å². The Hall–Kier alpha value is -6.94. The van der Waals surface area contributed by atoms with Crippen molar-refractivity contribution in [3.05, 3.63) is 103 Å². The molecule has 2 heterocycles. The highest BCUT2D eigenvalue weighted by Crippen LogP contribution is 2.30. The lowest BCUT2D eigenvalue weighted by Gasteiger charge is -2.11. The van der Waals surface area contributed by atoms with Gasteiger partial charge in [0.1, 0.15) is 34.6 Å². The SMILES string of the molecule is CCn1c(O)c(C#N)c(C)c(N=Nc2ccccc2C(=O)OCOC(=O)c2ccccc2N=Nc2c(C)c(C#N)c(O)n(CC)c2=O)c1=O. The van der Waals surface area contributed by atoms with E-state index in [4.69, 9.17) is 9.47 Å². The van der Waals surface area contributed by atoms with Gasteiger partial charge in [-0.15, -0.1) is 20.5 Å². The van der Waals surface area contributed by atoms with Gasteiger partial charge in [-0.3, -0.25) is 18.7 Å². The standard InChI is InChI=1S/C33H28N8O8/c1-5-40-28(42)22(15-34)18(3)26(30(40)44)38-36-24-13-9-7-11-20(24)32(46)48-17-49-33(47)21-12-8-10-14-25(21)37-39-27-19(4)23(16-35)29(43)41(6-2)31(27)45/h7-14,42-43H,5-6,17H2,1-4H3. The summed E-state index contributed by atoms with van der Waals surface area (Å²) in [5.74, 6) is -2.86. The van der Waals surface area contributed by atoms with Gasteiger partial charge >= 0.3 is 11.9 Å². The van der Waals surface area contributed by atoms with Crippen LogP contribution in [0.5, 0.6) is 11.8 Å². The van der Waals surface area contributed by atoms with Crippen molar-refractivity contribution in [1.29, 1.82) is 10.5 Å². The van der Waals surface area contributed by atoms with Crippen molar-refractivity contribution in [3.63, 3.8) is 0 Å². The normalized spacial score (nSPS) is 11.0. The third-order valence-corrected chi connectivity index (χ3v) is 7.31. The van der Waals surface area contributed by atoms with E-state index in [2.05, 4.69) is 20.5 Å². The van der Waals surface area contributed by atoms with Crippen molar-refractivity contribution >= 4 is 34.7 Å². The Morgan fingerprint density at radius 1 is 0.694 bits per heavy atom. The third kappa shape index (κ3) is 6.93. The van der Waals surface area contributed by atoms with Crippen LogP contribution in [0.3, 0.4) is 0 Å². The molecule has 0 amide bonds. The Balaban J connectivity index is 1.52. The molecule has 4 rings (SSSR count). The van der Waals surface area contributed by atoms with Crippen molar-refractivity contribution in [1.82, 2.24) is 9.13 Å². The quantitative estimate of drug-likeness (QED) is 0.120. The van der Waals surface area contributed by atoms with E-state index in [0.29, 0.717) is 0 Å². The fraction of sp³-hybridized carbons (Fsp3) is 0.212. The van der Waals surface area contributed by atoms with Crippen molar-refractivity contribution in [3.8, 4) is 23.9 Å². The minimum Gasteiger partial charge on any atom is -0.493 e. The lowest BCUT2D eigenvalue weighted by atomic mass is 10.1. The van der Waals surface area contributed by atoms with Gasteiger partial charge in [0.2, 0.25) is 18.6 Å². The van der Waals surface area contributed by atoms with Crippen LogP contribution in [-0.2, 0) is 22.6 Å². The number of carbonyl (C=O) groups is 2. The second-order valence-electron chi connectivity index (χ2n) is 10.1. The van der Waals surface area contributed by atoms with Crippen LogP contribution in [0.1, 0.15) is 56.8 Å². The van der Waals surface area contributed by atoms with Gasteiger partial charge in [0.05, 0.1) is 11.1 Å². The van der Waals surface area contributed by atoms with Gasteiger partial charge in [0, 0.05) is 24.2 Å². The zero-order valence-corrected chi connectivity index (χ0v) is 26.7. The van der Waals surface area contributed by atoms with Gasteiger partial charge in [-0.25, -0.2) is 9.59 Å². The topological polar surface area (TPSA) is 234 Å². The second-order valence-corrected chi connectivity index (χ2v) is 10.1. The summed E-state index contributed by atoms with van der Waals surface area (Å²) >= 11 is 0. The molecule has 0 saturated heterocycles. The molecule has 2 aromatic heterocycles. The van der Waals surface area contributed by atoms with Gasteiger partial charge in [0.15, 0.2) is 11.4 Å². The maximum Gasteiger partial charge on any atom is 0.343 e. The Kier molecular flexibility index (Phi) is 10.8. The van der Waals surface area contributed by atoms with E-state index in [1.165, 1.54) is 50.2 Å². The van der Waals surface area contributed by atoms with Gasteiger partial charge in [0.25, 0.3) is 11.1 Å². The van der Waals surface area contributed by atoms with Crippen LogP contribution in [0.4, 0.5) is 22.7 Å². The maximum atomic E-state index is 12.9. The maximum absolute atomic E-state index is 12.9. The predicted octanol–water partition coefficient (Wildman–Crippen LogP) is 5.62. The molecule has 4 aromatic rings. The molecule has 0 aliphatic carbocycles. The molecular weight excluding hydrogens is 636 g/mol. The molecule has 0 unspecified atom stereocenters. The van der Waals surface area contributed by atoms with Crippen LogP contribution in [-0.4, -0.2) is 38.1 Å². The summed E-state index contributed by atoms with van der Waals surface area (Å²) in [7, 11) is 0. The summed E-state index contributed by atoms with van der Waals surface area (Å²) in [5.41, 5.74) is -2.00. The summed E-state index contributed by atoms with van der Waals surface area (Å²) in [6.07, 6.45) is 0. The molecule has 0 aliphatic rings. The highest BCUT2D eigenvalue weighted by molar-refractivity contribution is 5.96. The summed E-state index contributed by atoms with van der Waals surface area (Å²) in [4.78, 5) is 51.6. The molecule has 0 atom stereocenters. The number of nitriles is 2. The number of ether oxygens (including phenoxy) is 2. The summed E-state index contributed by atoms with van der Waals surface area (Å²) < 4.78 is 12.2. The molecule has 16 heteroatoms. The first-order valence-electron chi connectivity index (χ1n) is 14.6. The smallest absolute Gasteiger partial charge is 0.343 e. The molecule has 0 bridgehead atoms. The van der Waals surface area contributed by atoms with Crippen molar-refractivity contribution in [2.75, 3.05) is 6.79 Å². The van der Waals surface area contributed by atoms with Crippen molar-refractivity contribution in [2.45, 2.75) is 40.8 Å². The number of pyridine rings is 2. The number of nitrogens with zero attached hydrogens (tertiary/aromatic N) is 8. The summed E-state index contributed by atoms with van der Waals surface area (Å²) in [6.45, 7) is 5.40. The second kappa shape index (κ2) is 15.1. The first-order valence-corrected chi connectivity index (χ1v) is 14.6. The minimum absolute atomic E-state index is 0.00392. The largest absolute Gasteiger partial charge is 0.493 e. The number of aromatic hydroxyl groups is 2. The fourth-order valence-electron chi connectivity index (χ4n) is 4.67. The van der Waals surface area contributed by atoms with E-state index in [0.717, 1.165) is 9.13 Å². The first-order chi connectivity index (χ1) is 23.5. The molecule has 0 aliphatic heterocycles. The number of hydrogen-bond acceptors (Lipinski definition) is 14. The van der Waals surface area contributed by atoms with E-state index in [-0.39, 0.29) is 69.2 Å². The Morgan fingerprint density at radius 3 is 1.41 bits per heavy atom. The molecule has 2 aromatic carbocycles. The zero-order chi connectivity index (χ0) is 35.8. The lowest BCUT2D eigenvalue weighted by molar-refractivity contribution is -0.0166. The average molecular weight is 665 g/mol. The number of azo groups is 2. The van der Waals surface area contributed by atoms with E-state index < -0.39 is 41.6 Å². The Morgan fingerprint density at radius 2 is 1.06 bits per heavy atom. The summed E-state index contributed by atoms with van der Waals surface area (Å²) in [6, 6.07) is 15.5. The van der Waals surface area contributed by atoms with Crippen LogP contribution in [0.2, 0.25) is 0 Å². The number of esters is 2.